The van der Waals surface area contributed by atoms with Gasteiger partial charge in [-0.2, -0.15) is 0 Å². The van der Waals surface area contributed by atoms with Crippen LogP contribution in [0.2, 0.25) is 0 Å². The van der Waals surface area contributed by atoms with E-state index >= 15 is 0 Å². The Hall–Kier alpha value is -2.29. The number of hydrogen-bond acceptors (Lipinski definition) is 5. The van der Waals surface area contributed by atoms with Gasteiger partial charge in [0.25, 0.3) is 0 Å². The molecule has 1 unspecified atom stereocenters. The molecule has 1 amide bonds. The number of amides is 1. The molecule has 4 rings (SSSR count). The number of nitrogens with zero attached hydrogens (tertiary/aromatic N) is 3. The molecule has 0 spiro atoms. The number of fused-ring (bicyclic) bond motifs is 3. The zero-order chi connectivity index (χ0) is 24.8. The molecule has 2 N–H and O–H groups in total. The number of carbonyl (C=O) groups excluding carboxylic acids is 2. The van der Waals surface area contributed by atoms with Gasteiger partial charge >= 0.3 is 0 Å². The maximum Gasteiger partial charge on any atom is 0.243 e. The Morgan fingerprint density at radius 2 is 1.86 bits per heavy atom. The first-order valence-electron chi connectivity index (χ1n) is 13.2. The molecule has 192 valence electrons. The molecule has 2 aromatic rings. The minimum absolute atomic E-state index is 0.0380. The number of nitrogens with one attached hydrogen (secondary N) is 1. The second-order valence-electron chi connectivity index (χ2n) is 10.1. The van der Waals surface area contributed by atoms with Gasteiger partial charge < -0.3 is 14.4 Å². The Bertz CT molecular complexity index is 1030. The van der Waals surface area contributed by atoms with Crippen molar-refractivity contribution in [2.45, 2.75) is 64.8 Å². The smallest absolute Gasteiger partial charge is 0.243 e. The van der Waals surface area contributed by atoms with E-state index in [1.165, 1.54) is 25.0 Å². The normalized spacial score (nSPS) is 19.3. The number of carbonyl (C=O) groups is 2. The van der Waals surface area contributed by atoms with E-state index in [4.69, 9.17) is 5.21 Å². The van der Waals surface area contributed by atoms with Gasteiger partial charge in [-0.1, -0.05) is 19.8 Å². The van der Waals surface area contributed by atoms with Crippen LogP contribution in [0.4, 0.5) is 4.39 Å². The summed E-state index contributed by atoms with van der Waals surface area (Å²) >= 11 is 0. The fourth-order valence-corrected chi connectivity index (χ4v) is 5.67. The van der Waals surface area contributed by atoms with E-state index in [1.54, 1.807) is 11.5 Å². The number of rotatable bonds is 11. The van der Waals surface area contributed by atoms with Gasteiger partial charge in [0.05, 0.1) is 0 Å². The molecule has 0 bridgehead atoms. The number of hydrogen-bond donors (Lipinski definition) is 2. The highest BCUT2D eigenvalue weighted by Gasteiger charge is 2.34. The van der Waals surface area contributed by atoms with Crippen LogP contribution >= 0.6 is 0 Å². The number of aromatic nitrogens is 1. The lowest BCUT2D eigenvalue weighted by Crippen LogP contribution is -2.49. The lowest BCUT2D eigenvalue weighted by Gasteiger charge is -2.37. The molecular formula is C27H39FN4O3. The number of Topliss-reactive ketones (excluding diaryl/α,β-unsaturated/α-hetero) is 1. The van der Waals surface area contributed by atoms with E-state index in [1.807, 2.05) is 0 Å². The number of benzene rings is 1. The van der Waals surface area contributed by atoms with Crippen LogP contribution in [-0.4, -0.2) is 70.5 Å². The van der Waals surface area contributed by atoms with Crippen LogP contribution in [0.5, 0.6) is 0 Å². The summed E-state index contributed by atoms with van der Waals surface area (Å²) in [5, 5.41) is 9.37. The molecule has 0 saturated carbocycles. The van der Waals surface area contributed by atoms with Gasteiger partial charge in [0.2, 0.25) is 5.91 Å². The Morgan fingerprint density at radius 1 is 1.09 bits per heavy atom. The predicted octanol–water partition coefficient (Wildman–Crippen LogP) is 4.01. The van der Waals surface area contributed by atoms with Gasteiger partial charge in [-0.3, -0.25) is 14.8 Å². The molecule has 1 aliphatic carbocycles. The zero-order valence-electron chi connectivity index (χ0n) is 20.9. The van der Waals surface area contributed by atoms with Crippen LogP contribution in [0.1, 0.15) is 67.9 Å². The fraction of sp³-hybridized carbons (Fsp3) is 0.630. The molecule has 1 atom stereocenters. The average molecular weight is 487 g/mol. The number of aryl methyl sites for hydroxylation is 1. The summed E-state index contributed by atoms with van der Waals surface area (Å²) in [5.41, 5.74) is 4.34. The Kier molecular flexibility index (Phi) is 8.92. The highest BCUT2D eigenvalue weighted by molar-refractivity contribution is 6.11. The van der Waals surface area contributed by atoms with Crippen molar-refractivity contribution in [2.75, 3.05) is 39.3 Å². The monoisotopic (exact) mass is 486 g/mol. The molecule has 1 aromatic carbocycles. The Balaban J connectivity index is 1.44. The van der Waals surface area contributed by atoms with Crippen LogP contribution < -0.4 is 5.48 Å². The van der Waals surface area contributed by atoms with Crippen molar-refractivity contribution in [1.29, 1.82) is 0 Å². The second-order valence-corrected chi connectivity index (χ2v) is 10.1. The van der Waals surface area contributed by atoms with Gasteiger partial charge in [0.1, 0.15) is 5.82 Å². The number of unbranched alkanes of at least 4 members (excludes halogenated alkanes) is 3. The first kappa shape index (κ1) is 25.8. The van der Waals surface area contributed by atoms with Crippen LogP contribution in [0.25, 0.3) is 10.9 Å². The quantitative estimate of drug-likeness (QED) is 0.285. The third-order valence-electron chi connectivity index (χ3n) is 7.66. The standard InChI is InChI=1S/C27H39FN4O3/c1-2-3-12-30-14-16-31(17-15-30)19-20-8-10-24-26(27(20)34)22-18-21(28)9-11-23(22)32(24)13-6-4-5-7-25(33)29-35/h9,11,18,20,35H,2-8,10,12-17,19H2,1H3,(H,29,33). The van der Waals surface area contributed by atoms with Crippen molar-refractivity contribution < 1.29 is 19.2 Å². The summed E-state index contributed by atoms with van der Waals surface area (Å²) in [5.74, 6) is -0.563. The van der Waals surface area contributed by atoms with Gasteiger partial charge in [-0.25, -0.2) is 9.87 Å². The van der Waals surface area contributed by atoms with E-state index in [9.17, 15) is 14.0 Å². The zero-order valence-corrected chi connectivity index (χ0v) is 20.9. The summed E-state index contributed by atoms with van der Waals surface area (Å²) in [6.45, 7) is 9.05. The summed E-state index contributed by atoms with van der Waals surface area (Å²) in [7, 11) is 0. The van der Waals surface area contributed by atoms with Crippen LogP contribution in [0.3, 0.4) is 0 Å². The van der Waals surface area contributed by atoms with Gasteiger partial charge in [0, 0.05) is 73.8 Å². The molecule has 1 saturated heterocycles. The number of piperazine rings is 1. The van der Waals surface area contributed by atoms with E-state index in [0.717, 1.165) is 93.7 Å². The average Bonchev–Trinajstić information content (AvgIpc) is 3.18. The van der Waals surface area contributed by atoms with Gasteiger partial charge in [-0.05, 0) is 56.8 Å². The number of halogens is 1. The SMILES string of the molecule is CCCCN1CCN(CC2CCc3c(c4cc(F)ccc4n3CCCCCC(=O)NO)C2=O)CC1. The largest absolute Gasteiger partial charge is 0.344 e. The van der Waals surface area contributed by atoms with Crippen LogP contribution in [0, 0.1) is 11.7 Å². The molecule has 0 radical (unpaired) electrons. The van der Waals surface area contributed by atoms with Crippen molar-refractivity contribution in [3.63, 3.8) is 0 Å². The van der Waals surface area contributed by atoms with E-state index in [-0.39, 0.29) is 23.4 Å². The maximum absolute atomic E-state index is 14.2. The fourth-order valence-electron chi connectivity index (χ4n) is 5.67. The molecular weight excluding hydrogens is 447 g/mol. The first-order valence-corrected chi connectivity index (χ1v) is 13.2. The molecule has 2 heterocycles. The number of hydroxylamine groups is 1. The summed E-state index contributed by atoms with van der Waals surface area (Å²) in [4.78, 5) is 29.9. The second kappa shape index (κ2) is 12.1. The first-order chi connectivity index (χ1) is 17.0. The molecule has 1 fully saturated rings. The summed E-state index contributed by atoms with van der Waals surface area (Å²) < 4.78 is 16.4. The highest BCUT2D eigenvalue weighted by atomic mass is 19.1. The minimum atomic E-state index is -0.372. The summed E-state index contributed by atoms with van der Waals surface area (Å²) in [6, 6.07) is 4.78. The molecule has 1 aliphatic heterocycles. The van der Waals surface area contributed by atoms with Crippen molar-refractivity contribution in [1.82, 2.24) is 19.8 Å². The van der Waals surface area contributed by atoms with Crippen LogP contribution in [0.15, 0.2) is 18.2 Å². The van der Waals surface area contributed by atoms with Gasteiger partial charge in [0.15, 0.2) is 5.78 Å². The van der Waals surface area contributed by atoms with Crippen molar-refractivity contribution in [3.05, 3.63) is 35.3 Å². The van der Waals surface area contributed by atoms with Gasteiger partial charge in [-0.15, -0.1) is 0 Å². The Labute approximate surface area is 207 Å². The van der Waals surface area contributed by atoms with Crippen molar-refractivity contribution in [2.24, 2.45) is 5.92 Å². The molecule has 35 heavy (non-hydrogen) atoms. The predicted molar refractivity (Wildman–Crippen MR) is 134 cm³/mol. The molecule has 7 nitrogen and oxygen atoms in total. The topological polar surface area (TPSA) is 77.8 Å². The van der Waals surface area contributed by atoms with E-state index in [0.29, 0.717) is 12.8 Å². The van der Waals surface area contributed by atoms with Crippen molar-refractivity contribution in [3.8, 4) is 0 Å². The molecule has 8 heteroatoms. The number of ketones is 1. The van der Waals surface area contributed by atoms with Crippen molar-refractivity contribution >= 4 is 22.6 Å². The third kappa shape index (κ3) is 6.11. The third-order valence-corrected chi connectivity index (χ3v) is 7.66. The molecule has 2 aliphatic rings. The summed E-state index contributed by atoms with van der Waals surface area (Å²) in [6.07, 6.45) is 6.78. The lowest BCUT2D eigenvalue weighted by molar-refractivity contribution is -0.129. The lowest BCUT2D eigenvalue weighted by atomic mass is 9.84. The van der Waals surface area contributed by atoms with E-state index < -0.39 is 0 Å². The Morgan fingerprint density at radius 3 is 2.60 bits per heavy atom. The molecule has 1 aromatic heterocycles. The van der Waals surface area contributed by atoms with Crippen LogP contribution in [-0.2, 0) is 17.8 Å². The maximum atomic E-state index is 14.2. The van der Waals surface area contributed by atoms with E-state index in [2.05, 4.69) is 21.3 Å². The minimum Gasteiger partial charge on any atom is -0.344 e. The highest BCUT2D eigenvalue weighted by Crippen LogP contribution is 2.35.